The molecule has 0 bridgehead atoms. The number of halogens is 1. The first-order valence-corrected chi connectivity index (χ1v) is 6.11. The Morgan fingerprint density at radius 2 is 2.00 bits per heavy atom. The molecular weight excluding hydrogens is 236 g/mol. The molecular formula is C13H17ClN2O. The van der Waals surface area contributed by atoms with E-state index in [1.54, 1.807) is 24.3 Å². The Hall–Kier alpha value is -1.06. The number of benzene rings is 1. The molecule has 17 heavy (non-hydrogen) atoms. The summed E-state index contributed by atoms with van der Waals surface area (Å²) in [6.45, 7) is 4.72. The van der Waals surface area contributed by atoms with Crippen LogP contribution in [0.2, 0.25) is 5.02 Å². The first kappa shape index (κ1) is 12.4. The maximum absolute atomic E-state index is 12.3. The number of amides is 1. The summed E-state index contributed by atoms with van der Waals surface area (Å²) in [5.74, 6) is 0.0274. The van der Waals surface area contributed by atoms with Crippen LogP contribution in [0.15, 0.2) is 24.3 Å². The van der Waals surface area contributed by atoms with Crippen molar-refractivity contribution >= 4 is 17.5 Å². The summed E-state index contributed by atoms with van der Waals surface area (Å²) in [6, 6.07) is 7.05. The van der Waals surface area contributed by atoms with Crippen LogP contribution in [-0.2, 0) is 0 Å². The van der Waals surface area contributed by atoms with Gasteiger partial charge in [0.2, 0.25) is 0 Å². The van der Waals surface area contributed by atoms with Crippen LogP contribution in [0.25, 0.3) is 0 Å². The second kappa shape index (κ2) is 4.31. The van der Waals surface area contributed by atoms with Gasteiger partial charge in [-0.1, -0.05) is 11.6 Å². The number of carbonyl (C=O) groups is 1. The summed E-state index contributed by atoms with van der Waals surface area (Å²) in [5, 5.41) is 0.638. The molecule has 2 rings (SSSR count). The first-order valence-electron chi connectivity index (χ1n) is 5.73. The van der Waals surface area contributed by atoms with Gasteiger partial charge in [-0.2, -0.15) is 0 Å². The summed E-state index contributed by atoms with van der Waals surface area (Å²) in [5.41, 5.74) is 6.42. The zero-order valence-corrected chi connectivity index (χ0v) is 10.9. The molecule has 1 fully saturated rings. The predicted octanol–water partition coefficient (Wildman–Crippen LogP) is 2.29. The molecule has 0 aliphatic carbocycles. The van der Waals surface area contributed by atoms with Gasteiger partial charge in [0.25, 0.3) is 5.91 Å². The number of nitrogens with two attached hydrogens (primary N) is 1. The van der Waals surface area contributed by atoms with Crippen molar-refractivity contribution in [2.45, 2.75) is 31.8 Å². The van der Waals surface area contributed by atoms with E-state index in [4.69, 9.17) is 17.3 Å². The van der Waals surface area contributed by atoms with E-state index in [2.05, 4.69) is 0 Å². The molecule has 1 amide bonds. The van der Waals surface area contributed by atoms with Crippen LogP contribution in [0.5, 0.6) is 0 Å². The lowest BCUT2D eigenvalue weighted by molar-refractivity contribution is 0.0651. The van der Waals surface area contributed by atoms with Gasteiger partial charge in [0.1, 0.15) is 0 Å². The first-order chi connectivity index (χ1) is 7.90. The van der Waals surface area contributed by atoms with Gasteiger partial charge in [0, 0.05) is 28.7 Å². The molecule has 1 unspecified atom stereocenters. The predicted molar refractivity (Wildman–Crippen MR) is 69.2 cm³/mol. The second-order valence-electron chi connectivity index (χ2n) is 5.20. The van der Waals surface area contributed by atoms with Gasteiger partial charge >= 0.3 is 0 Å². The fraction of sp³-hybridized carbons (Fsp3) is 0.462. The van der Waals surface area contributed by atoms with Gasteiger partial charge in [-0.15, -0.1) is 0 Å². The van der Waals surface area contributed by atoms with Crippen molar-refractivity contribution in [1.29, 1.82) is 0 Å². The maximum Gasteiger partial charge on any atom is 0.254 e. The van der Waals surface area contributed by atoms with E-state index < -0.39 is 0 Å². The lowest BCUT2D eigenvalue weighted by atomic mass is 10.00. The smallest absolute Gasteiger partial charge is 0.254 e. The fourth-order valence-corrected chi connectivity index (χ4v) is 2.53. The summed E-state index contributed by atoms with van der Waals surface area (Å²) >= 11 is 5.81. The fourth-order valence-electron chi connectivity index (χ4n) is 2.40. The Morgan fingerprint density at radius 1 is 1.41 bits per heavy atom. The van der Waals surface area contributed by atoms with Crippen molar-refractivity contribution in [1.82, 2.24) is 4.90 Å². The van der Waals surface area contributed by atoms with Crippen LogP contribution in [0.3, 0.4) is 0 Å². The summed E-state index contributed by atoms with van der Waals surface area (Å²) in [6.07, 6.45) is 0.840. The van der Waals surface area contributed by atoms with Crippen molar-refractivity contribution in [3.8, 4) is 0 Å². The number of likely N-dealkylation sites (tertiary alicyclic amines) is 1. The summed E-state index contributed by atoms with van der Waals surface area (Å²) < 4.78 is 0. The molecule has 3 nitrogen and oxygen atoms in total. The zero-order valence-electron chi connectivity index (χ0n) is 10.1. The van der Waals surface area contributed by atoms with Gasteiger partial charge in [0.05, 0.1) is 0 Å². The summed E-state index contributed by atoms with van der Waals surface area (Å²) in [4.78, 5) is 14.2. The number of hydrogen-bond donors (Lipinski definition) is 1. The lowest BCUT2D eigenvalue weighted by Crippen LogP contribution is -2.42. The van der Waals surface area contributed by atoms with Gasteiger partial charge < -0.3 is 10.6 Å². The SMILES string of the molecule is CC1(C)CC(N)CN1C(=O)c1ccc(Cl)cc1. The highest BCUT2D eigenvalue weighted by Gasteiger charge is 2.39. The van der Waals surface area contributed by atoms with Crippen LogP contribution < -0.4 is 5.73 Å². The summed E-state index contributed by atoms with van der Waals surface area (Å²) in [7, 11) is 0. The molecule has 92 valence electrons. The molecule has 0 saturated carbocycles. The van der Waals surface area contributed by atoms with Crippen molar-refractivity contribution < 1.29 is 4.79 Å². The quantitative estimate of drug-likeness (QED) is 0.834. The molecule has 1 aliphatic heterocycles. The van der Waals surface area contributed by atoms with Gasteiger partial charge in [-0.05, 0) is 44.5 Å². The number of rotatable bonds is 1. The number of nitrogens with zero attached hydrogens (tertiary/aromatic N) is 1. The van der Waals surface area contributed by atoms with Gasteiger partial charge in [-0.3, -0.25) is 4.79 Å². The second-order valence-corrected chi connectivity index (χ2v) is 5.64. The van der Waals surface area contributed by atoms with Gasteiger partial charge in [0.15, 0.2) is 0 Å². The Bertz CT molecular complexity index is 428. The van der Waals surface area contributed by atoms with E-state index in [1.807, 2.05) is 18.7 Å². The third kappa shape index (κ3) is 2.45. The van der Waals surface area contributed by atoms with Crippen molar-refractivity contribution in [2.75, 3.05) is 6.54 Å². The Morgan fingerprint density at radius 3 is 2.47 bits per heavy atom. The van der Waals surface area contributed by atoms with Crippen LogP contribution >= 0.6 is 11.6 Å². The minimum absolute atomic E-state index is 0.0274. The Balaban J connectivity index is 2.23. The minimum atomic E-state index is -0.170. The number of hydrogen-bond acceptors (Lipinski definition) is 2. The van der Waals surface area contributed by atoms with Crippen LogP contribution in [0.4, 0.5) is 0 Å². The highest BCUT2D eigenvalue weighted by molar-refractivity contribution is 6.30. The molecule has 0 radical (unpaired) electrons. The standard InChI is InChI=1S/C13H17ClN2O/c1-13(2)7-11(15)8-16(13)12(17)9-3-5-10(14)6-4-9/h3-6,11H,7-8,15H2,1-2H3. The topological polar surface area (TPSA) is 46.3 Å². The van der Waals surface area contributed by atoms with Crippen molar-refractivity contribution in [3.63, 3.8) is 0 Å². The normalized spacial score (nSPS) is 22.8. The third-order valence-electron chi connectivity index (χ3n) is 3.25. The molecule has 1 aromatic rings. The minimum Gasteiger partial charge on any atom is -0.332 e. The average Bonchev–Trinajstić information content (AvgIpc) is 2.52. The maximum atomic E-state index is 12.3. The van der Waals surface area contributed by atoms with Crippen LogP contribution in [0, 0.1) is 0 Å². The van der Waals surface area contributed by atoms with Crippen molar-refractivity contribution in [3.05, 3.63) is 34.9 Å². The monoisotopic (exact) mass is 252 g/mol. The number of carbonyl (C=O) groups excluding carboxylic acids is 1. The van der Waals surface area contributed by atoms with Crippen molar-refractivity contribution in [2.24, 2.45) is 5.73 Å². The average molecular weight is 253 g/mol. The largest absolute Gasteiger partial charge is 0.332 e. The molecule has 0 spiro atoms. The molecule has 2 N–H and O–H groups in total. The van der Waals surface area contributed by atoms with E-state index in [-0.39, 0.29) is 17.5 Å². The molecule has 1 aliphatic rings. The molecule has 1 atom stereocenters. The molecule has 4 heteroatoms. The van der Waals surface area contributed by atoms with Gasteiger partial charge in [-0.25, -0.2) is 0 Å². The van der Waals surface area contributed by atoms with E-state index in [9.17, 15) is 4.79 Å². The highest BCUT2D eigenvalue weighted by atomic mass is 35.5. The van der Waals surface area contributed by atoms with E-state index in [0.717, 1.165) is 6.42 Å². The van der Waals surface area contributed by atoms with Crippen LogP contribution in [0.1, 0.15) is 30.6 Å². The molecule has 1 aromatic carbocycles. The zero-order chi connectivity index (χ0) is 12.6. The van der Waals surface area contributed by atoms with E-state index >= 15 is 0 Å². The lowest BCUT2D eigenvalue weighted by Gasteiger charge is -2.31. The molecule has 1 saturated heterocycles. The van der Waals surface area contributed by atoms with E-state index in [1.165, 1.54) is 0 Å². The van der Waals surface area contributed by atoms with E-state index in [0.29, 0.717) is 17.1 Å². The van der Waals surface area contributed by atoms with Crippen LogP contribution in [-0.4, -0.2) is 28.9 Å². The third-order valence-corrected chi connectivity index (χ3v) is 3.50. The Labute approximate surface area is 107 Å². The molecule has 1 heterocycles. The highest BCUT2D eigenvalue weighted by Crippen LogP contribution is 2.29. The molecule has 0 aromatic heterocycles. The Kier molecular flexibility index (Phi) is 3.15.